The number of amides is 1. The molecule has 1 saturated heterocycles. The molecule has 28 heavy (non-hydrogen) atoms. The van der Waals surface area contributed by atoms with E-state index in [4.69, 9.17) is 9.47 Å². The van der Waals surface area contributed by atoms with Crippen molar-refractivity contribution < 1.29 is 24.5 Å². The minimum absolute atomic E-state index is 0.174. The Morgan fingerprint density at radius 3 is 2.86 bits per heavy atom. The second kappa shape index (κ2) is 7.89. The Kier molecular flexibility index (Phi) is 5.15. The van der Waals surface area contributed by atoms with Crippen molar-refractivity contribution in [3.8, 4) is 5.75 Å². The molecule has 0 radical (unpaired) electrons. The van der Waals surface area contributed by atoms with Gasteiger partial charge in [-0.3, -0.25) is 9.36 Å². The second-order valence-electron chi connectivity index (χ2n) is 6.31. The highest BCUT2D eigenvalue weighted by Gasteiger charge is 2.35. The number of hydrogen-bond donors (Lipinski definition) is 3. The number of hydrogen-bond acceptors (Lipinski definition) is 8. The van der Waals surface area contributed by atoms with E-state index in [-0.39, 0.29) is 24.9 Å². The largest absolute Gasteiger partial charge is 0.484 e. The molecule has 1 aromatic carbocycles. The van der Waals surface area contributed by atoms with Crippen LogP contribution in [-0.2, 0) is 9.53 Å². The lowest BCUT2D eigenvalue weighted by Crippen LogP contribution is -2.24. The first-order chi connectivity index (χ1) is 13.7. The Morgan fingerprint density at radius 2 is 2.11 bits per heavy atom. The van der Waals surface area contributed by atoms with Crippen LogP contribution < -0.4 is 10.1 Å². The van der Waals surface area contributed by atoms with E-state index in [1.807, 2.05) is 18.2 Å². The Balaban J connectivity index is 1.48. The fourth-order valence-electron chi connectivity index (χ4n) is 3.04. The highest BCUT2D eigenvalue weighted by Crippen LogP contribution is 2.31. The van der Waals surface area contributed by atoms with Crippen LogP contribution in [0.2, 0.25) is 0 Å². The molecule has 1 amide bonds. The van der Waals surface area contributed by atoms with Crippen LogP contribution in [0, 0.1) is 0 Å². The van der Waals surface area contributed by atoms with Crippen molar-refractivity contribution in [1.82, 2.24) is 19.5 Å². The lowest BCUT2D eigenvalue weighted by molar-refractivity contribution is -0.118. The number of aliphatic hydroxyl groups is 2. The minimum atomic E-state index is -0.774. The molecule has 3 N–H and O–H groups in total. The zero-order chi connectivity index (χ0) is 19.5. The van der Waals surface area contributed by atoms with Crippen molar-refractivity contribution in [2.24, 2.45) is 0 Å². The molecule has 2 aromatic heterocycles. The first-order valence-corrected chi connectivity index (χ1v) is 8.75. The summed E-state index contributed by atoms with van der Waals surface area (Å²) in [6.45, 7) is -0.450. The summed E-state index contributed by atoms with van der Waals surface area (Å²) < 4.78 is 12.7. The van der Waals surface area contributed by atoms with E-state index in [1.165, 1.54) is 12.7 Å². The van der Waals surface area contributed by atoms with Crippen LogP contribution in [0.1, 0.15) is 12.6 Å². The van der Waals surface area contributed by atoms with Gasteiger partial charge >= 0.3 is 0 Å². The number of anilines is 1. The Hall–Kier alpha value is -3.08. The van der Waals surface area contributed by atoms with Crippen molar-refractivity contribution in [3.05, 3.63) is 43.0 Å². The average Bonchev–Trinajstić information content (AvgIpc) is 3.31. The number of aliphatic hydroxyl groups excluding tert-OH is 2. The van der Waals surface area contributed by atoms with Crippen molar-refractivity contribution in [1.29, 1.82) is 0 Å². The fraction of sp³-hybridized carbons (Fsp3) is 0.333. The molecule has 1 fully saturated rings. The topological polar surface area (TPSA) is 132 Å². The summed E-state index contributed by atoms with van der Waals surface area (Å²) >= 11 is 0. The summed E-state index contributed by atoms with van der Waals surface area (Å²) in [6, 6.07) is 9.01. The third-order valence-electron chi connectivity index (χ3n) is 4.42. The van der Waals surface area contributed by atoms with Crippen LogP contribution >= 0.6 is 0 Å². The third kappa shape index (κ3) is 3.65. The van der Waals surface area contributed by atoms with Gasteiger partial charge in [-0.15, -0.1) is 0 Å². The molecule has 0 saturated carbocycles. The summed E-state index contributed by atoms with van der Waals surface area (Å²) in [5, 5.41) is 21.8. The van der Waals surface area contributed by atoms with Crippen molar-refractivity contribution >= 4 is 22.9 Å². The van der Waals surface area contributed by atoms with Crippen LogP contribution in [0.15, 0.2) is 43.0 Å². The van der Waals surface area contributed by atoms with Crippen LogP contribution in [0.3, 0.4) is 0 Å². The number of benzene rings is 1. The number of nitrogens with zero attached hydrogens (tertiary/aromatic N) is 4. The molecule has 1 aliphatic rings. The fourth-order valence-corrected chi connectivity index (χ4v) is 3.04. The van der Waals surface area contributed by atoms with E-state index in [0.29, 0.717) is 23.3 Å². The van der Waals surface area contributed by atoms with Gasteiger partial charge in [-0.25, -0.2) is 15.0 Å². The van der Waals surface area contributed by atoms with Crippen LogP contribution in [0.4, 0.5) is 5.82 Å². The maximum Gasteiger partial charge on any atom is 0.263 e. The van der Waals surface area contributed by atoms with Gasteiger partial charge in [0.2, 0.25) is 0 Å². The molecular weight excluding hydrogens is 366 g/mol. The summed E-state index contributed by atoms with van der Waals surface area (Å²) in [5.74, 6) is 0.457. The number of nitrogens with one attached hydrogen (secondary N) is 1. The molecule has 0 bridgehead atoms. The zero-order valence-electron chi connectivity index (χ0n) is 14.8. The summed E-state index contributed by atoms with van der Waals surface area (Å²) in [5.41, 5.74) is 0.839. The molecule has 3 heterocycles. The number of fused-ring (bicyclic) bond motifs is 1. The van der Waals surface area contributed by atoms with Gasteiger partial charge in [-0.1, -0.05) is 18.2 Å². The van der Waals surface area contributed by atoms with Gasteiger partial charge in [-0.05, 0) is 12.1 Å². The normalized spacial score (nSPS) is 21.7. The van der Waals surface area contributed by atoms with E-state index in [2.05, 4.69) is 20.3 Å². The van der Waals surface area contributed by atoms with Gasteiger partial charge < -0.3 is 25.0 Å². The smallest absolute Gasteiger partial charge is 0.263 e. The molecule has 3 atom stereocenters. The minimum Gasteiger partial charge on any atom is -0.484 e. The number of carbonyl (C=O) groups excluding carboxylic acids is 1. The van der Waals surface area contributed by atoms with Gasteiger partial charge in [0.15, 0.2) is 23.6 Å². The predicted molar refractivity (Wildman–Crippen MR) is 97.5 cm³/mol. The molecule has 1 aliphatic heterocycles. The molecule has 4 rings (SSSR count). The first kappa shape index (κ1) is 18.3. The quantitative estimate of drug-likeness (QED) is 0.558. The standard InChI is InChI=1S/C18H19N5O5/c24-7-13-12(25)6-15(28-13)23-10-21-16-17(19-9-20-18(16)23)22-14(26)8-27-11-4-2-1-3-5-11/h1-5,9-10,12-13,15,24-25H,6-8H2,(H,19,20,22,26)/t12-,13-,15-/m1/s1. The van der Waals surface area contributed by atoms with Crippen LogP contribution in [-0.4, -0.2) is 61.1 Å². The highest BCUT2D eigenvalue weighted by molar-refractivity contribution is 5.97. The maximum atomic E-state index is 12.2. The number of ether oxygens (including phenoxy) is 2. The second-order valence-corrected chi connectivity index (χ2v) is 6.31. The summed E-state index contributed by atoms with van der Waals surface area (Å²) in [4.78, 5) is 24.8. The monoisotopic (exact) mass is 385 g/mol. The van der Waals surface area contributed by atoms with E-state index in [9.17, 15) is 15.0 Å². The number of imidazole rings is 1. The lowest BCUT2D eigenvalue weighted by atomic mass is 10.2. The van der Waals surface area contributed by atoms with Gasteiger partial charge in [0.1, 0.15) is 24.4 Å². The molecule has 10 nitrogen and oxygen atoms in total. The van der Waals surface area contributed by atoms with Crippen molar-refractivity contribution in [2.45, 2.75) is 24.9 Å². The molecule has 146 valence electrons. The summed E-state index contributed by atoms with van der Waals surface area (Å²) in [7, 11) is 0. The van der Waals surface area contributed by atoms with Gasteiger partial charge in [0.05, 0.1) is 19.0 Å². The molecule has 0 unspecified atom stereocenters. The van der Waals surface area contributed by atoms with Crippen molar-refractivity contribution in [2.75, 3.05) is 18.5 Å². The number of carbonyl (C=O) groups is 1. The van der Waals surface area contributed by atoms with Gasteiger partial charge in [-0.2, -0.15) is 0 Å². The van der Waals surface area contributed by atoms with Crippen LogP contribution in [0.5, 0.6) is 5.75 Å². The molecule has 10 heteroatoms. The predicted octanol–water partition coefficient (Wildman–Crippen LogP) is 0.484. The zero-order valence-corrected chi connectivity index (χ0v) is 14.8. The molecule has 3 aromatic rings. The Morgan fingerprint density at radius 1 is 1.29 bits per heavy atom. The first-order valence-electron chi connectivity index (χ1n) is 8.75. The van der Waals surface area contributed by atoms with Gasteiger partial charge in [0, 0.05) is 6.42 Å². The number of aromatic nitrogens is 4. The SMILES string of the molecule is O=C(COc1ccccc1)Nc1ncnc2c1ncn2[C@H]1C[C@@H](O)[C@@H](CO)O1. The van der Waals surface area contributed by atoms with E-state index >= 15 is 0 Å². The maximum absolute atomic E-state index is 12.2. The Bertz CT molecular complexity index is 963. The number of para-hydroxylation sites is 1. The molecular formula is C18H19N5O5. The average molecular weight is 385 g/mol. The lowest BCUT2D eigenvalue weighted by Gasteiger charge is -2.13. The van der Waals surface area contributed by atoms with Gasteiger partial charge in [0.25, 0.3) is 5.91 Å². The molecule has 0 spiro atoms. The molecule has 0 aliphatic carbocycles. The van der Waals surface area contributed by atoms with Crippen LogP contribution in [0.25, 0.3) is 11.2 Å². The van der Waals surface area contributed by atoms with E-state index in [1.54, 1.807) is 16.7 Å². The Labute approximate surface area is 159 Å². The van der Waals surface area contributed by atoms with E-state index in [0.717, 1.165) is 0 Å². The number of rotatable bonds is 6. The van der Waals surface area contributed by atoms with E-state index < -0.39 is 18.4 Å². The third-order valence-corrected chi connectivity index (χ3v) is 4.42. The summed E-state index contributed by atoms with van der Waals surface area (Å²) in [6.07, 6.45) is 1.17. The highest BCUT2D eigenvalue weighted by atomic mass is 16.5. The van der Waals surface area contributed by atoms with Crippen molar-refractivity contribution in [3.63, 3.8) is 0 Å².